The first-order chi connectivity index (χ1) is 15.8. The minimum atomic E-state index is -2.61. The largest absolute Gasteiger partial charge is 0.471 e. The number of anilines is 2. The zero-order valence-corrected chi connectivity index (χ0v) is 18.0. The minimum absolute atomic E-state index is 0.0350. The summed E-state index contributed by atoms with van der Waals surface area (Å²) >= 11 is 0. The van der Waals surface area contributed by atoms with Gasteiger partial charge in [-0.2, -0.15) is 5.10 Å². The fourth-order valence-electron chi connectivity index (χ4n) is 3.71. The maximum Gasteiger partial charge on any atom is 0.407 e. The van der Waals surface area contributed by atoms with Crippen molar-refractivity contribution in [1.29, 1.82) is 0 Å². The molecule has 3 N–H and O–H groups in total. The quantitative estimate of drug-likeness (QED) is 0.464. The molecule has 0 bridgehead atoms. The highest BCUT2D eigenvalue weighted by Crippen LogP contribution is 2.38. The number of nitrogens with one attached hydrogen (secondary N) is 3. The van der Waals surface area contributed by atoms with Crippen molar-refractivity contribution in [3.05, 3.63) is 30.2 Å². The molecule has 1 aliphatic rings. The van der Waals surface area contributed by atoms with Gasteiger partial charge in [0.2, 0.25) is 5.88 Å². The van der Waals surface area contributed by atoms with Crippen LogP contribution in [0.3, 0.4) is 0 Å². The summed E-state index contributed by atoms with van der Waals surface area (Å²) in [6, 6.07) is 3.03. The normalized spacial score (nSPS) is 20.5. The Morgan fingerprint density at radius 1 is 1.33 bits per heavy atom. The number of hydrogen-bond donors (Lipinski definition) is 3. The van der Waals surface area contributed by atoms with Crippen LogP contribution in [0.15, 0.2) is 24.5 Å². The van der Waals surface area contributed by atoms with E-state index in [-0.39, 0.29) is 11.9 Å². The standard InChI is InChI=1S/C20H24F3N7O3/c1-10(2)25-20(31)33-14-4-3-11(18(14)23)12-7-16(28-27-12)26-19-13-8-17(32-9-15(21)22)29-30(13)6-5-24-19/h5-8,10-11,14-15,18H,3-4,9H2,1-2H3,(H,25,31)(H2,24,26,27,28)/t11-,14-,18-/m1/s1. The number of aromatic amines is 1. The summed E-state index contributed by atoms with van der Waals surface area (Å²) < 4.78 is 51.3. The number of carbonyl (C=O) groups is 1. The van der Waals surface area contributed by atoms with E-state index in [9.17, 15) is 18.0 Å². The highest BCUT2D eigenvalue weighted by molar-refractivity contribution is 5.72. The molecule has 0 saturated heterocycles. The first-order valence-corrected chi connectivity index (χ1v) is 10.5. The van der Waals surface area contributed by atoms with E-state index in [1.165, 1.54) is 16.8 Å². The van der Waals surface area contributed by atoms with Crippen molar-refractivity contribution in [2.45, 2.75) is 57.3 Å². The van der Waals surface area contributed by atoms with Crippen molar-refractivity contribution in [3.63, 3.8) is 0 Å². The van der Waals surface area contributed by atoms with E-state index in [1.54, 1.807) is 26.1 Å². The molecule has 0 unspecified atom stereocenters. The van der Waals surface area contributed by atoms with Gasteiger partial charge in [0.25, 0.3) is 6.43 Å². The third-order valence-corrected chi connectivity index (χ3v) is 5.13. The van der Waals surface area contributed by atoms with E-state index in [4.69, 9.17) is 9.47 Å². The maximum absolute atomic E-state index is 14.9. The molecule has 0 aromatic carbocycles. The zero-order chi connectivity index (χ0) is 23.5. The van der Waals surface area contributed by atoms with E-state index >= 15 is 0 Å². The lowest BCUT2D eigenvalue weighted by Crippen LogP contribution is -2.36. The number of halogens is 3. The van der Waals surface area contributed by atoms with Crippen LogP contribution in [0.1, 0.15) is 38.3 Å². The third-order valence-electron chi connectivity index (χ3n) is 5.13. The fourth-order valence-corrected chi connectivity index (χ4v) is 3.71. The molecule has 1 saturated carbocycles. The molecular weight excluding hydrogens is 443 g/mol. The van der Waals surface area contributed by atoms with E-state index in [1.807, 2.05) is 0 Å². The number of H-pyrrole nitrogens is 1. The van der Waals surface area contributed by atoms with E-state index in [2.05, 4.69) is 30.9 Å². The molecule has 0 radical (unpaired) electrons. The molecule has 3 aromatic rings. The Balaban J connectivity index is 1.43. The molecule has 3 aromatic heterocycles. The fraction of sp³-hybridized carbons (Fsp3) is 0.500. The zero-order valence-electron chi connectivity index (χ0n) is 18.0. The Kier molecular flexibility index (Phi) is 6.56. The van der Waals surface area contributed by atoms with E-state index in [0.29, 0.717) is 35.7 Å². The molecule has 0 spiro atoms. The number of rotatable bonds is 8. The lowest BCUT2D eigenvalue weighted by Gasteiger charge is -2.18. The molecule has 1 amide bonds. The molecule has 1 aliphatic carbocycles. The van der Waals surface area contributed by atoms with Crippen LogP contribution in [-0.4, -0.2) is 62.2 Å². The highest BCUT2D eigenvalue weighted by Gasteiger charge is 2.40. The Labute approximate surface area is 186 Å². The first kappa shape index (κ1) is 22.7. The Morgan fingerprint density at radius 2 is 2.15 bits per heavy atom. The van der Waals surface area contributed by atoms with Crippen LogP contribution in [0.4, 0.5) is 29.6 Å². The van der Waals surface area contributed by atoms with Crippen LogP contribution in [0.25, 0.3) is 5.52 Å². The van der Waals surface area contributed by atoms with Crippen molar-refractivity contribution in [2.75, 3.05) is 11.9 Å². The number of amides is 1. The SMILES string of the molecule is CC(C)NC(=O)O[C@@H]1CC[C@H](c2cc(Nc3nccn4nc(OCC(F)F)cc34)n[nH]2)[C@H]1F. The second kappa shape index (κ2) is 9.55. The Bertz CT molecular complexity index is 1100. The molecule has 4 rings (SSSR count). The van der Waals surface area contributed by atoms with Gasteiger partial charge < -0.3 is 20.1 Å². The third kappa shape index (κ3) is 5.29. The molecule has 3 atom stereocenters. The summed E-state index contributed by atoms with van der Waals surface area (Å²) in [7, 11) is 0. The van der Waals surface area contributed by atoms with Gasteiger partial charge in [-0.15, -0.1) is 5.10 Å². The lowest BCUT2D eigenvalue weighted by atomic mass is 10.0. The van der Waals surface area contributed by atoms with Gasteiger partial charge in [-0.3, -0.25) is 5.10 Å². The summed E-state index contributed by atoms with van der Waals surface area (Å²) in [5, 5.41) is 16.7. The summed E-state index contributed by atoms with van der Waals surface area (Å²) in [5.41, 5.74) is 1.04. The van der Waals surface area contributed by atoms with Crippen LogP contribution in [0.5, 0.6) is 5.88 Å². The van der Waals surface area contributed by atoms with Crippen molar-refractivity contribution >= 4 is 23.2 Å². The van der Waals surface area contributed by atoms with Crippen molar-refractivity contribution in [2.24, 2.45) is 0 Å². The van der Waals surface area contributed by atoms with Gasteiger partial charge >= 0.3 is 6.09 Å². The summed E-state index contributed by atoms with van der Waals surface area (Å²) in [4.78, 5) is 16.0. The number of nitrogens with zero attached hydrogens (tertiary/aromatic N) is 4. The minimum Gasteiger partial charge on any atom is -0.471 e. The average molecular weight is 467 g/mol. The summed E-state index contributed by atoms with van der Waals surface area (Å²) in [6.07, 6.45) is -1.54. The Morgan fingerprint density at radius 3 is 2.91 bits per heavy atom. The highest BCUT2D eigenvalue weighted by atomic mass is 19.3. The molecule has 13 heteroatoms. The lowest BCUT2D eigenvalue weighted by molar-refractivity contribution is 0.0555. The van der Waals surface area contributed by atoms with Gasteiger partial charge in [0.15, 0.2) is 18.2 Å². The predicted octanol–water partition coefficient (Wildman–Crippen LogP) is 3.56. The maximum atomic E-state index is 14.9. The monoisotopic (exact) mass is 467 g/mol. The van der Waals surface area contributed by atoms with Crippen LogP contribution >= 0.6 is 0 Å². The summed E-state index contributed by atoms with van der Waals surface area (Å²) in [6.45, 7) is 2.82. The van der Waals surface area contributed by atoms with Crippen molar-refractivity contribution in [3.8, 4) is 5.88 Å². The molecule has 0 aliphatic heterocycles. The predicted molar refractivity (Wildman–Crippen MR) is 112 cm³/mol. The molecule has 3 heterocycles. The smallest absolute Gasteiger partial charge is 0.407 e. The summed E-state index contributed by atoms with van der Waals surface area (Å²) in [5.74, 6) is 0.284. The van der Waals surface area contributed by atoms with Crippen molar-refractivity contribution in [1.82, 2.24) is 30.1 Å². The van der Waals surface area contributed by atoms with Gasteiger partial charge in [0.1, 0.15) is 17.8 Å². The number of alkyl carbamates (subject to hydrolysis) is 1. The second-order valence-electron chi connectivity index (χ2n) is 7.99. The van der Waals surface area contributed by atoms with Crippen LogP contribution in [0, 0.1) is 0 Å². The second-order valence-corrected chi connectivity index (χ2v) is 7.99. The number of hydrogen-bond acceptors (Lipinski definition) is 7. The van der Waals surface area contributed by atoms with Crippen LogP contribution in [0.2, 0.25) is 0 Å². The first-order valence-electron chi connectivity index (χ1n) is 10.5. The number of carbonyl (C=O) groups excluding carboxylic acids is 1. The number of ether oxygens (including phenoxy) is 2. The molecule has 10 nitrogen and oxygen atoms in total. The van der Waals surface area contributed by atoms with Crippen LogP contribution in [-0.2, 0) is 4.74 Å². The molecule has 33 heavy (non-hydrogen) atoms. The van der Waals surface area contributed by atoms with Crippen molar-refractivity contribution < 1.29 is 27.4 Å². The molecule has 1 fully saturated rings. The topological polar surface area (TPSA) is 118 Å². The molecule has 178 valence electrons. The van der Waals surface area contributed by atoms with Gasteiger partial charge in [-0.25, -0.2) is 27.5 Å². The van der Waals surface area contributed by atoms with E-state index < -0.39 is 37.3 Å². The number of alkyl halides is 3. The van der Waals surface area contributed by atoms with Gasteiger partial charge in [-0.05, 0) is 26.7 Å². The number of aromatic nitrogens is 5. The number of fused-ring (bicyclic) bond motifs is 1. The van der Waals surface area contributed by atoms with Crippen LogP contribution < -0.4 is 15.4 Å². The Hall–Kier alpha value is -3.51. The van der Waals surface area contributed by atoms with E-state index in [0.717, 1.165) is 0 Å². The van der Waals surface area contributed by atoms with Gasteiger partial charge in [-0.1, -0.05) is 0 Å². The molecular formula is C20H24F3N7O3. The van der Waals surface area contributed by atoms with Gasteiger partial charge in [0, 0.05) is 42.2 Å². The average Bonchev–Trinajstić information content (AvgIpc) is 3.45. The van der Waals surface area contributed by atoms with Gasteiger partial charge in [0.05, 0.1) is 0 Å².